The standard InChI is InChI=1S/C11H7ClO2/c12-10-3-1-8(2-4-10)9-5-11(6-13)14-7-9/h1-7H. The van der Waals surface area contributed by atoms with Gasteiger partial charge in [0, 0.05) is 10.6 Å². The third-order valence-corrected chi connectivity index (χ3v) is 2.17. The lowest BCUT2D eigenvalue weighted by Crippen LogP contribution is -1.73. The highest BCUT2D eigenvalue weighted by molar-refractivity contribution is 6.30. The summed E-state index contributed by atoms with van der Waals surface area (Å²) in [5.74, 6) is 0.329. The summed E-state index contributed by atoms with van der Waals surface area (Å²) >= 11 is 5.75. The predicted molar refractivity (Wildman–Crippen MR) is 54.5 cm³/mol. The first-order valence-electron chi connectivity index (χ1n) is 4.09. The molecule has 0 fully saturated rings. The molecule has 1 aromatic heterocycles. The molecule has 0 amide bonds. The number of halogens is 1. The first-order chi connectivity index (χ1) is 6.79. The second-order valence-corrected chi connectivity index (χ2v) is 3.30. The molecule has 0 unspecified atom stereocenters. The molecule has 2 rings (SSSR count). The molecule has 70 valence electrons. The summed E-state index contributed by atoms with van der Waals surface area (Å²) in [6.45, 7) is 0. The Hall–Kier alpha value is -1.54. The van der Waals surface area contributed by atoms with Crippen molar-refractivity contribution in [1.82, 2.24) is 0 Å². The topological polar surface area (TPSA) is 30.2 Å². The summed E-state index contributed by atoms with van der Waals surface area (Å²) in [6.07, 6.45) is 2.23. The molecule has 0 atom stereocenters. The fourth-order valence-electron chi connectivity index (χ4n) is 1.21. The minimum atomic E-state index is 0.329. The molecule has 0 saturated carbocycles. The van der Waals surface area contributed by atoms with Gasteiger partial charge in [0.25, 0.3) is 0 Å². The van der Waals surface area contributed by atoms with Crippen LogP contribution in [0.5, 0.6) is 0 Å². The van der Waals surface area contributed by atoms with Crippen molar-refractivity contribution in [3.05, 3.63) is 47.4 Å². The van der Waals surface area contributed by atoms with Crippen molar-refractivity contribution in [2.24, 2.45) is 0 Å². The van der Waals surface area contributed by atoms with Gasteiger partial charge in [0.1, 0.15) is 0 Å². The number of hydrogen-bond donors (Lipinski definition) is 0. The van der Waals surface area contributed by atoms with Gasteiger partial charge in [-0.2, -0.15) is 0 Å². The average molecular weight is 207 g/mol. The molecule has 0 N–H and O–H groups in total. The van der Waals surface area contributed by atoms with Gasteiger partial charge in [-0.3, -0.25) is 4.79 Å². The summed E-state index contributed by atoms with van der Waals surface area (Å²) in [4.78, 5) is 10.4. The van der Waals surface area contributed by atoms with Crippen LogP contribution >= 0.6 is 11.6 Å². The second-order valence-electron chi connectivity index (χ2n) is 2.86. The molecule has 0 saturated heterocycles. The van der Waals surface area contributed by atoms with Gasteiger partial charge in [0.05, 0.1) is 6.26 Å². The van der Waals surface area contributed by atoms with E-state index in [1.165, 1.54) is 0 Å². The van der Waals surface area contributed by atoms with Crippen LogP contribution in [0.1, 0.15) is 10.6 Å². The Labute approximate surface area is 86.1 Å². The van der Waals surface area contributed by atoms with Crippen LogP contribution in [0.3, 0.4) is 0 Å². The Morgan fingerprint density at radius 1 is 1.14 bits per heavy atom. The number of carbonyl (C=O) groups excluding carboxylic acids is 1. The van der Waals surface area contributed by atoms with E-state index in [4.69, 9.17) is 16.0 Å². The average Bonchev–Trinajstić information content (AvgIpc) is 2.67. The maximum atomic E-state index is 10.4. The van der Waals surface area contributed by atoms with Crippen molar-refractivity contribution >= 4 is 17.9 Å². The van der Waals surface area contributed by atoms with Crippen molar-refractivity contribution in [2.45, 2.75) is 0 Å². The second kappa shape index (κ2) is 3.68. The normalized spacial score (nSPS) is 10.1. The fourth-order valence-corrected chi connectivity index (χ4v) is 1.33. The first kappa shape index (κ1) is 9.03. The van der Waals surface area contributed by atoms with Crippen LogP contribution in [-0.4, -0.2) is 6.29 Å². The lowest BCUT2D eigenvalue weighted by molar-refractivity contribution is 0.110. The molecule has 3 heteroatoms. The number of benzene rings is 1. The molecule has 1 heterocycles. The van der Waals surface area contributed by atoms with Crippen LogP contribution in [0.4, 0.5) is 0 Å². The van der Waals surface area contributed by atoms with Crippen molar-refractivity contribution in [1.29, 1.82) is 0 Å². The third-order valence-electron chi connectivity index (χ3n) is 1.91. The highest BCUT2D eigenvalue weighted by Crippen LogP contribution is 2.22. The summed E-state index contributed by atoms with van der Waals surface area (Å²) in [5.41, 5.74) is 1.86. The van der Waals surface area contributed by atoms with Crippen LogP contribution in [0, 0.1) is 0 Å². The zero-order valence-electron chi connectivity index (χ0n) is 7.24. The van der Waals surface area contributed by atoms with E-state index in [9.17, 15) is 4.79 Å². The van der Waals surface area contributed by atoms with Gasteiger partial charge in [-0.15, -0.1) is 0 Å². The van der Waals surface area contributed by atoms with Crippen molar-refractivity contribution < 1.29 is 9.21 Å². The fraction of sp³-hybridized carbons (Fsp3) is 0. The lowest BCUT2D eigenvalue weighted by Gasteiger charge is -1.95. The Balaban J connectivity index is 2.39. The smallest absolute Gasteiger partial charge is 0.185 e. The summed E-state index contributed by atoms with van der Waals surface area (Å²) in [6, 6.07) is 9.04. The number of furan rings is 1. The van der Waals surface area contributed by atoms with Gasteiger partial charge in [-0.05, 0) is 23.8 Å². The van der Waals surface area contributed by atoms with Crippen LogP contribution in [0.25, 0.3) is 11.1 Å². The van der Waals surface area contributed by atoms with E-state index in [-0.39, 0.29) is 0 Å². The molecule has 14 heavy (non-hydrogen) atoms. The monoisotopic (exact) mass is 206 g/mol. The van der Waals surface area contributed by atoms with E-state index in [0.717, 1.165) is 11.1 Å². The molecule has 0 bridgehead atoms. The number of hydrogen-bond acceptors (Lipinski definition) is 2. The first-order valence-corrected chi connectivity index (χ1v) is 4.47. The molecule has 1 aromatic carbocycles. The zero-order valence-corrected chi connectivity index (χ0v) is 7.99. The van der Waals surface area contributed by atoms with Crippen LogP contribution in [0.2, 0.25) is 5.02 Å². The van der Waals surface area contributed by atoms with Gasteiger partial charge >= 0.3 is 0 Å². The number of carbonyl (C=O) groups is 1. The SMILES string of the molecule is O=Cc1cc(-c2ccc(Cl)cc2)co1. The summed E-state index contributed by atoms with van der Waals surface area (Å²) < 4.78 is 5.00. The molecule has 0 aliphatic carbocycles. The Bertz CT molecular complexity index is 443. The van der Waals surface area contributed by atoms with E-state index in [1.54, 1.807) is 24.5 Å². The van der Waals surface area contributed by atoms with E-state index in [2.05, 4.69) is 0 Å². The van der Waals surface area contributed by atoms with E-state index in [0.29, 0.717) is 17.1 Å². The zero-order chi connectivity index (χ0) is 9.97. The molecule has 0 aliphatic rings. The molecule has 2 aromatic rings. The molecular formula is C11H7ClO2. The van der Waals surface area contributed by atoms with Gasteiger partial charge in [0.15, 0.2) is 12.0 Å². The molecule has 0 spiro atoms. The van der Waals surface area contributed by atoms with Crippen LogP contribution < -0.4 is 0 Å². The highest BCUT2D eigenvalue weighted by Gasteiger charge is 2.02. The number of aldehydes is 1. The largest absolute Gasteiger partial charge is 0.461 e. The third kappa shape index (κ3) is 1.70. The minimum absolute atomic E-state index is 0.329. The van der Waals surface area contributed by atoms with E-state index >= 15 is 0 Å². The molecule has 0 aliphatic heterocycles. The van der Waals surface area contributed by atoms with Gasteiger partial charge in [-0.25, -0.2) is 0 Å². The Morgan fingerprint density at radius 2 is 1.86 bits per heavy atom. The van der Waals surface area contributed by atoms with Crippen molar-refractivity contribution in [2.75, 3.05) is 0 Å². The lowest BCUT2D eigenvalue weighted by atomic mass is 10.1. The summed E-state index contributed by atoms with van der Waals surface area (Å²) in [5, 5.41) is 0.688. The Kier molecular flexibility index (Phi) is 2.37. The van der Waals surface area contributed by atoms with Gasteiger partial charge in [0.2, 0.25) is 0 Å². The van der Waals surface area contributed by atoms with Crippen molar-refractivity contribution in [3.8, 4) is 11.1 Å². The van der Waals surface area contributed by atoms with Gasteiger partial charge < -0.3 is 4.42 Å². The molecule has 0 radical (unpaired) electrons. The maximum Gasteiger partial charge on any atom is 0.185 e. The highest BCUT2D eigenvalue weighted by atomic mass is 35.5. The number of rotatable bonds is 2. The van der Waals surface area contributed by atoms with Crippen molar-refractivity contribution in [3.63, 3.8) is 0 Å². The van der Waals surface area contributed by atoms with Crippen LogP contribution in [0.15, 0.2) is 41.0 Å². The maximum absolute atomic E-state index is 10.4. The molecule has 2 nitrogen and oxygen atoms in total. The minimum Gasteiger partial charge on any atom is -0.461 e. The van der Waals surface area contributed by atoms with Crippen LogP contribution in [-0.2, 0) is 0 Å². The van der Waals surface area contributed by atoms with E-state index in [1.807, 2.05) is 12.1 Å². The quantitative estimate of drug-likeness (QED) is 0.705. The summed E-state index contributed by atoms with van der Waals surface area (Å²) in [7, 11) is 0. The molecular weight excluding hydrogens is 200 g/mol. The predicted octanol–water partition coefficient (Wildman–Crippen LogP) is 3.41. The Morgan fingerprint density at radius 3 is 2.43 bits per heavy atom. The van der Waals surface area contributed by atoms with E-state index < -0.39 is 0 Å². The van der Waals surface area contributed by atoms with Gasteiger partial charge in [-0.1, -0.05) is 23.7 Å².